The Morgan fingerprint density at radius 2 is 2.00 bits per heavy atom. The quantitative estimate of drug-likeness (QED) is 0.841. The Hall–Kier alpha value is -1.66. The number of carbonyl (C=O) groups is 1. The summed E-state index contributed by atoms with van der Waals surface area (Å²) in [5.74, 6) is 0.978. The first-order valence-electron chi connectivity index (χ1n) is 6.96. The van der Waals surface area contributed by atoms with Gasteiger partial charge in [-0.2, -0.15) is 0 Å². The molecule has 1 aliphatic heterocycles. The highest BCUT2D eigenvalue weighted by molar-refractivity contribution is 7.80. The normalized spacial score (nSPS) is 15.8. The van der Waals surface area contributed by atoms with E-state index in [0.717, 1.165) is 49.6 Å². The van der Waals surface area contributed by atoms with Crippen LogP contribution in [0.3, 0.4) is 0 Å². The summed E-state index contributed by atoms with van der Waals surface area (Å²) in [6, 6.07) is 5.76. The van der Waals surface area contributed by atoms with Gasteiger partial charge in [0.2, 0.25) is 5.91 Å². The summed E-state index contributed by atoms with van der Waals surface area (Å²) < 4.78 is 5.41. The molecule has 1 fully saturated rings. The first kappa shape index (κ1) is 15.7. The van der Waals surface area contributed by atoms with Crippen molar-refractivity contribution < 1.29 is 9.53 Å². The van der Waals surface area contributed by atoms with E-state index in [1.807, 2.05) is 23.1 Å². The molecule has 114 valence electrons. The van der Waals surface area contributed by atoms with Gasteiger partial charge in [-0.05, 0) is 18.2 Å². The molecule has 2 rings (SSSR count). The number of benzene rings is 1. The average molecular weight is 307 g/mol. The molecule has 0 aromatic heterocycles. The van der Waals surface area contributed by atoms with E-state index in [0.29, 0.717) is 4.99 Å². The Morgan fingerprint density at radius 3 is 2.52 bits per heavy atom. The molecule has 1 aliphatic rings. The molecule has 0 spiro atoms. The fourth-order valence-electron chi connectivity index (χ4n) is 2.52. The minimum atomic E-state index is 0.141. The zero-order valence-corrected chi connectivity index (χ0v) is 13.3. The summed E-state index contributed by atoms with van der Waals surface area (Å²) in [7, 11) is 1.66. The fourth-order valence-corrected chi connectivity index (χ4v) is 2.64. The SMILES string of the molecule is COc1ccc(C(N)=S)cc1CN1CCN(C(C)=O)CC1. The largest absolute Gasteiger partial charge is 0.496 e. The Labute approximate surface area is 130 Å². The number of nitrogens with zero attached hydrogens (tertiary/aromatic N) is 2. The topological polar surface area (TPSA) is 58.8 Å². The average Bonchev–Trinajstić information content (AvgIpc) is 2.47. The van der Waals surface area contributed by atoms with Crippen molar-refractivity contribution in [2.75, 3.05) is 33.3 Å². The zero-order chi connectivity index (χ0) is 15.4. The van der Waals surface area contributed by atoms with Crippen LogP contribution in [0, 0.1) is 0 Å². The van der Waals surface area contributed by atoms with Crippen LogP contribution in [0.4, 0.5) is 0 Å². The molecule has 0 aliphatic carbocycles. The van der Waals surface area contributed by atoms with E-state index < -0.39 is 0 Å². The standard InChI is InChI=1S/C15H21N3O2S/c1-11(19)18-7-5-17(6-8-18)10-13-9-12(15(16)21)3-4-14(13)20-2/h3-4,9H,5-8,10H2,1-2H3,(H2,16,21). The molecule has 0 saturated carbocycles. The van der Waals surface area contributed by atoms with E-state index >= 15 is 0 Å². The number of thiocarbonyl (C=S) groups is 1. The molecule has 0 atom stereocenters. The maximum Gasteiger partial charge on any atom is 0.219 e. The lowest BCUT2D eigenvalue weighted by molar-refractivity contribution is -0.130. The van der Waals surface area contributed by atoms with Crippen LogP contribution >= 0.6 is 12.2 Å². The number of carbonyl (C=O) groups excluding carboxylic acids is 1. The second-order valence-electron chi connectivity index (χ2n) is 5.17. The lowest BCUT2D eigenvalue weighted by Gasteiger charge is -2.34. The van der Waals surface area contributed by atoms with Crippen molar-refractivity contribution in [3.05, 3.63) is 29.3 Å². The molecule has 21 heavy (non-hydrogen) atoms. The molecule has 6 heteroatoms. The number of hydrogen-bond donors (Lipinski definition) is 1. The maximum absolute atomic E-state index is 11.3. The van der Waals surface area contributed by atoms with Crippen molar-refractivity contribution in [2.45, 2.75) is 13.5 Å². The van der Waals surface area contributed by atoms with Gasteiger partial charge in [0.1, 0.15) is 10.7 Å². The van der Waals surface area contributed by atoms with E-state index in [4.69, 9.17) is 22.7 Å². The molecule has 2 N–H and O–H groups in total. The van der Waals surface area contributed by atoms with Crippen LogP contribution in [-0.4, -0.2) is 54.0 Å². The molecular weight excluding hydrogens is 286 g/mol. The smallest absolute Gasteiger partial charge is 0.219 e. The maximum atomic E-state index is 11.3. The summed E-state index contributed by atoms with van der Waals surface area (Å²) in [4.78, 5) is 15.9. The molecular formula is C15H21N3O2S. The van der Waals surface area contributed by atoms with E-state index in [2.05, 4.69) is 4.90 Å². The Kier molecular flexibility index (Phi) is 5.14. The highest BCUT2D eigenvalue weighted by atomic mass is 32.1. The van der Waals surface area contributed by atoms with Gasteiger partial charge in [0.15, 0.2) is 0 Å². The van der Waals surface area contributed by atoms with E-state index in [1.54, 1.807) is 14.0 Å². The lowest BCUT2D eigenvalue weighted by Crippen LogP contribution is -2.47. The van der Waals surface area contributed by atoms with Gasteiger partial charge < -0.3 is 15.4 Å². The Morgan fingerprint density at radius 1 is 1.33 bits per heavy atom. The van der Waals surface area contributed by atoms with Crippen molar-refractivity contribution in [3.8, 4) is 5.75 Å². The Balaban J connectivity index is 2.07. The zero-order valence-electron chi connectivity index (χ0n) is 12.5. The van der Waals surface area contributed by atoms with Crippen LogP contribution in [0.5, 0.6) is 5.75 Å². The van der Waals surface area contributed by atoms with Gasteiger partial charge in [-0.3, -0.25) is 9.69 Å². The summed E-state index contributed by atoms with van der Waals surface area (Å²) in [5, 5.41) is 0. The molecule has 1 heterocycles. The van der Waals surface area contributed by atoms with Crippen LogP contribution in [0.25, 0.3) is 0 Å². The molecule has 0 bridgehead atoms. The van der Waals surface area contributed by atoms with E-state index in [1.165, 1.54) is 0 Å². The number of nitrogens with two attached hydrogens (primary N) is 1. The van der Waals surface area contributed by atoms with Gasteiger partial charge in [-0.15, -0.1) is 0 Å². The summed E-state index contributed by atoms with van der Waals surface area (Å²) in [6.45, 7) is 5.65. The summed E-state index contributed by atoms with van der Waals surface area (Å²) in [6.07, 6.45) is 0. The van der Waals surface area contributed by atoms with Crippen molar-refractivity contribution in [1.29, 1.82) is 0 Å². The van der Waals surface area contributed by atoms with Crippen molar-refractivity contribution in [1.82, 2.24) is 9.80 Å². The van der Waals surface area contributed by atoms with Gasteiger partial charge >= 0.3 is 0 Å². The lowest BCUT2D eigenvalue weighted by atomic mass is 10.1. The molecule has 0 radical (unpaired) electrons. The molecule has 0 unspecified atom stereocenters. The highest BCUT2D eigenvalue weighted by Gasteiger charge is 2.19. The van der Waals surface area contributed by atoms with Crippen LogP contribution in [0.2, 0.25) is 0 Å². The Bertz CT molecular complexity index is 540. The number of ether oxygens (including phenoxy) is 1. The summed E-state index contributed by atoms with van der Waals surface area (Å²) >= 11 is 5.03. The van der Waals surface area contributed by atoms with Gasteiger partial charge in [0.05, 0.1) is 7.11 Å². The predicted molar refractivity (Wildman–Crippen MR) is 86.4 cm³/mol. The fraction of sp³-hybridized carbons (Fsp3) is 0.467. The minimum absolute atomic E-state index is 0.141. The first-order chi connectivity index (χ1) is 10.0. The first-order valence-corrected chi connectivity index (χ1v) is 7.36. The second-order valence-corrected chi connectivity index (χ2v) is 5.61. The third kappa shape index (κ3) is 3.92. The molecule has 5 nitrogen and oxygen atoms in total. The van der Waals surface area contributed by atoms with Crippen LogP contribution in [0.1, 0.15) is 18.1 Å². The number of piperazine rings is 1. The molecule has 1 saturated heterocycles. The summed E-state index contributed by atoms with van der Waals surface area (Å²) in [5.41, 5.74) is 7.61. The third-order valence-electron chi connectivity index (χ3n) is 3.78. The molecule has 1 amide bonds. The van der Waals surface area contributed by atoms with Crippen LogP contribution < -0.4 is 10.5 Å². The third-order valence-corrected chi connectivity index (χ3v) is 4.01. The van der Waals surface area contributed by atoms with Crippen molar-refractivity contribution >= 4 is 23.1 Å². The van der Waals surface area contributed by atoms with Crippen molar-refractivity contribution in [2.24, 2.45) is 5.73 Å². The van der Waals surface area contributed by atoms with Crippen LogP contribution in [-0.2, 0) is 11.3 Å². The molecule has 1 aromatic carbocycles. The van der Waals surface area contributed by atoms with Crippen LogP contribution in [0.15, 0.2) is 18.2 Å². The van der Waals surface area contributed by atoms with Crippen molar-refractivity contribution in [3.63, 3.8) is 0 Å². The number of rotatable bonds is 4. The van der Waals surface area contributed by atoms with E-state index in [-0.39, 0.29) is 5.91 Å². The highest BCUT2D eigenvalue weighted by Crippen LogP contribution is 2.22. The van der Waals surface area contributed by atoms with Gasteiger partial charge in [-0.1, -0.05) is 12.2 Å². The predicted octanol–water partition coefficient (Wildman–Crippen LogP) is 0.993. The number of methoxy groups -OCH3 is 1. The van der Waals surface area contributed by atoms with E-state index in [9.17, 15) is 4.79 Å². The van der Waals surface area contributed by atoms with Gasteiger partial charge in [-0.25, -0.2) is 0 Å². The second kappa shape index (κ2) is 6.87. The molecule has 1 aromatic rings. The van der Waals surface area contributed by atoms with Gasteiger partial charge in [0.25, 0.3) is 0 Å². The monoisotopic (exact) mass is 307 g/mol. The van der Waals surface area contributed by atoms with Gasteiger partial charge in [0, 0.05) is 50.8 Å². The number of amides is 1. The minimum Gasteiger partial charge on any atom is -0.496 e. The number of hydrogen-bond acceptors (Lipinski definition) is 4.